The Morgan fingerprint density at radius 3 is 1.92 bits per heavy atom. The maximum absolute atomic E-state index is 13.0. The third-order valence-electron chi connectivity index (χ3n) is 4.12. The molecule has 15 nitrogen and oxygen atoms in total. The van der Waals surface area contributed by atoms with Crippen LogP contribution in [0.5, 0.6) is 0 Å². The Kier molecular flexibility index (Phi) is 13.4. The molecule has 0 spiro atoms. The molecule has 1 N–H and O–H groups in total. The fourth-order valence-electron chi connectivity index (χ4n) is 2.52. The SMILES string of the molecule is COC(COP(=O)(OCOC(=O)OC(C)C)OCOC(=O)OC(C)C)CC(C)n1ccc(=O)[nH]c1=O. The van der Waals surface area contributed by atoms with Gasteiger partial charge in [-0.05, 0) is 41.0 Å². The van der Waals surface area contributed by atoms with Crippen molar-refractivity contribution in [2.24, 2.45) is 0 Å². The Hall–Kier alpha value is -2.71. The number of H-pyrrole nitrogens is 1. The van der Waals surface area contributed by atoms with Gasteiger partial charge in [-0.25, -0.2) is 28.0 Å². The Bertz CT molecular complexity index is 958. The van der Waals surface area contributed by atoms with Crippen LogP contribution in [0.4, 0.5) is 9.59 Å². The number of carbonyl (C=O) groups excluding carboxylic acids is 2. The number of hydrogen-bond donors (Lipinski definition) is 1. The third kappa shape index (κ3) is 12.3. The van der Waals surface area contributed by atoms with Crippen LogP contribution in [0.3, 0.4) is 0 Å². The van der Waals surface area contributed by atoms with Crippen LogP contribution in [0.15, 0.2) is 21.9 Å². The first-order valence-electron chi connectivity index (χ1n) is 10.9. The molecule has 0 aliphatic carbocycles. The number of phosphoric acid groups is 1. The van der Waals surface area contributed by atoms with Crippen LogP contribution < -0.4 is 11.2 Å². The van der Waals surface area contributed by atoms with E-state index >= 15 is 0 Å². The summed E-state index contributed by atoms with van der Waals surface area (Å²) in [6.07, 6.45) is -2.29. The van der Waals surface area contributed by atoms with E-state index in [9.17, 15) is 23.7 Å². The van der Waals surface area contributed by atoms with Crippen LogP contribution in [0.2, 0.25) is 0 Å². The van der Waals surface area contributed by atoms with Crippen LogP contribution in [-0.2, 0) is 41.8 Å². The topological polar surface area (TPSA) is 180 Å². The maximum atomic E-state index is 13.0. The molecule has 0 radical (unpaired) electrons. The van der Waals surface area contributed by atoms with Crippen molar-refractivity contribution in [2.75, 3.05) is 27.3 Å². The van der Waals surface area contributed by atoms with E-state index in [2.05, 4.69) is 14.5 Å². The van der Waals surface area contributed by atoms with E-state index in [0.717, 1.165) is 0 Å². The smallest absolute Gasteiger partial charge is 0.432 e. The van der Waals surface area contributed by atoms with E-state index in [-0.39, 0.29) is 13.0 Å². The summed E-state index contributed by atoms with van der Waals surface area (Å²) in [5.41, 5.74) is -1.15. The molecule has 1 rings (SSSR count). The van der Waals surface area contributed by atoms with Gasteiger partial charge in [0.1, 0.15) is 0 Å². The van der Waals surface area contributed by atoms with Gasteiger partial charge in [0.25, 0.3) is 5.56 Å². The number of methoxy groups -OCH3 is 1. The predicted molar refractivity (Wildman–Crippen MR) is 122 cm³/mol. The number of carbonyl (C=O) groups is 2. The van der Waals surface area contributed by atoms with Gasteiger partial charge in [-0.15, -0.1) is 0 Å². The number of ether oxygens (including phenoxy) is 5. The van der Waals surface area contributed by atoms with E-state index in [4.69, 9.17) is 27.8 Å². The molecule has 2 unspecified atom stereocenters. The van der Waals surface area contributed by atoms with Crippen molar-refractivity contribution in [2.45, 2.75) is 65.4 Å². The fourth-order valence-corrected chi connectivity index (χ4v) is 3.45. The van der Waals surface area contributed by atoms with Crippen LogP contribution in [-0.4, -0.2) is 67.5 Å². The van der Waals surface area contributed by atoms with Crippen molar-refractivity contribution < 1.29 is 51.4 Å². The standard InChI is InChI=1S/C20H33N2O13P/c1-13(2)34-19(25)29-11-32-36(27,33-12-30-20(26)35-14(3)4)31-10-16(28-6)9-15(5)22-8-7-17(23)21-18(22)24/h7-8,13-16H,9-12H2,1-6H3,(H,21,23,24). The van der Waals surface area contributed by atoms with Crippen molar-refractivity contribution in [3.05, 3.63) is 33.1 Å². The largest absolute Gasteiger partial charge is 0.510 e. The summed E-state index contributed by atoms with van der Waals surface area (Å²) in [5, 5.41) is 0. The molecule has 0 saturated heterocycles. The van der Waals surface area contributed by atoms with Gasteiger partial charge in [0.15, 0.2) is 0 Å². The molecule has 0 saturated carbocycles. The van der Waals surface area contributed by atoms with E-state index in [1.165, 1.54) is 23.9 Å². The molecule has 206 valence electrons. The molecular formula is C20H33N2O13P. The average molecular weight is 540 g/mol. The number of nitrogens with one attached hydrogen (secondary N) is 1. The highest BCUT2D eigenvalue weighted by molar-refractivity contribution is 7.48. The number of phosphoric ester groups is 1. The average Bonchev–Trinajstić information content (AvgIpc) is 2.75. The maximum Gasteiger partial charge on any atom is 0.510 e. The second kappa shape index (κ2) is 15.4. The first kappa shape index (κ1) is 31.3. The number of aromatic nitrogens is 2. The van der Waals surface area contributed by atoms with E-state index in [1.807, 2.05) is 0 Å². The lowest BCUT2D eigenvalue weighted by molar-refractivity contribution is -0.0522. The minimum atomic E-state index is -4.46. The normalized spacial score (nSPS) is 13.3. The second-order valence-electron chi connectivity index (χ2n) is 7.82. The van der Waals surface area contributed by atoms with Gasteiger partial charge >= 0.3 is 25.8 Å². The third-order valence-corrected chi connectivity index (χ3v) is 5.43. The van der Waals surface area contributed by atoms with Crippen molar-refractivity contribution in [3.8, 4) is 0 Å². The van der Waals surface area contributed by atoms with Crippen LogP contribution in [0.25, 0.3) is 0 Å². The van der Waals surface area contributed by atoms with Crippen molar-refractivity contribution in [1.82, 2.24) is 9.55 Å². The monoisotopic (exact) mass is 540 g/mol. The van der Waals surface area contributed by atoms with Gasteiger partial charge in [-0.2, -0.15) is 0 Å². The molecule has 1 aromatic heterocycles. The Labute approximate surface area is 207 Å². The molecule has 1 heterocycles. The Morgan fingerprint density at radius 1 is 0.944 bits per heavy atom. The zero-order chi connectivity index (χ0) is 27.3. The van der Waals surface area contributed by atoms with Crippen molar-refractivity contribution >= 4 is 20.1 Å². The van der Waals surface area contributed by atoms with Crippen LogP contribution in [0.1, 0.15) is 47.1 Å². The molecular weight excluding hydrogens is 507 g/mol. The Balaban J connectivity index is 2.78. The first-order chi connectivity index (χ1) is 16.8. The first-order valence-corrected chi connectivity index (χ1v) is 12.4. The Morgan fingerprint density at radius 2 is 1.47 bits per heavy atom. The number of hydrogen-bond acceptors (Lipinski definition) is 13. The van der Waals surface area contributed by atoms with Crippen molar-refractivity contribution in [3.63, 3.8) is 0 Å². The zero-order valence-corrected chi connectivity index (χ0v) is 21.9. The molecule has 1 aromatic rings. The summed E-state index contributed by atoms with van der Waals surface area (Å²) in [6, 6.07) is 0.744. The van der Waals surface area contributed by atoms with E-state index in [0.29, 0.717) is 0 Å². The zero-order valence-electron chi connectivity index (χ0n) is 21.0. The molecule has 0 aliphatic rings. The van der Waals surface area contributed by atoms with Crippen molar-refractivity contribution in [1.29, 1.82) is 0 Å². The summed E-state index contributed by atoms with van der Waals surface area (Å²) in [7, 11) is -3.10. The molecule has 2 atom stereocenters. The highest BCUT2D eigenvalue weighted by Crippen LogP contribution is 2.49. The van der Waals surface area contributed by atoms with Crippen LogP contribution >= 0.6 is 7.82 Å². The number of rotatable bonds is 15. The lowest BCUT2D eigenvalue weighted by atomic mass is 10.1. The van der Waals surface area contributed by atoms with E-state index in [1.54, 1.807) is 34.6 Å². The summed E-state index contributed by atoms with van der Waals surface area (Å²) < 4.78 is 53.7. The molecule has 0 amide bonds. The van der Waals surface area contributed by atoms with Gasteiger partial charge in [-0.3, -0.25) is 18.9 Å². The number of nitrogens with zero attached hydrogens (tertiary/aromatic N) is 1. The number of aromatic amines is 1. The minimum Gasteiger partial charge on any atom is -0.432 e. The van der Waals surface area contributed by atoms with Gasteiger partial charge < -0.3 is 23.7 Å². The minimum absolute atomic E-state index is 0.191. The van der Waals surface area contributed by atoms with Gasteiger partial charge in [-0.1, -0.05) is 0 Å². The molecule has 0 fully saturated rings. The highest BCUT2D eigenvalue weighted by Gasteiger charge is 2.31. The van der Waals surface area contributed by atoms with Crippen LogP contribution in [0, 0.1) is 0 Å². The summed E-state index contributed by atoms with van der Waals surface area (Å²) in [6.45, 7) is 6.00. The molecule has 16 heteroatoms. The quantitative estimate of drug-likeness (QED) is 0.195. The molecule has 0 bridgehead atoms. The van der Waals surface area contributed by atoms with Gasteiger partial charge in [0, 0.05) is 25.4 Å². The summed E-state index contributed by atoms with van der Waals surface area (Å²) in [5.74, 6) is 0. The second-order valence-corrected chi connectivity index (χ2v) is 9.49. The molecule has 0 aliphatic heterocycles. The lowest BCUT2D eigenvalue weighted by Gasteiger charge is -2.23. The fraction of sp³-hybridized carbons (Fsp3) is 0.700. The van der Waals surface area contributed by atoms with Gasteiger partial charge in [0.2, 0.25) is 13.6 Å². The highest BCUT2D eigenvalue weighted by atomic mass is 31.2. The summed E-state index contributed by atoms with van der Waals surface area (Å²) in [4.78, 5) is 48.4. The lowest BCUT2D eigenvalue weighted by Crippen LogP contribution is -2.33. The molecule has 0 aromatic carbocycles. The van der Waals surface area contributed by atoms with E-state index < -0.39 is 69.3 Å². The summed E-state index contributed by atoms with van der Waals surface area (Å²) >= 11 is 0. The predicted octanol–water partition coefficient (Wildman–Crippen LogP) is 2.70. The molecule has 36 heavy (non-hydrogen) atoms. The van der Waals surface area contributed by atoms with Gasteiger partial charge in [0.05, 0.1) is 24.9 Å².